The molecule has 3 aromatic carbocycles. The van der Waals surface area contributed by atoms with Gasteiger partial charge in [0.05, 0.1) is 16.8 Å². The molecule has 3 aromatic rings. The maximum atomic E-state index is 11.6. The Morgan fingerprint density at radius 1 is 0.770 bits per heavy atom. The van der Waals surface area contributed by atoms with E-state index >= 15 is 0 Å². The minimum Gasteiger partial charge on any atom is -0.565 e. The minimum absolute atomic E-state index is 0. The molecule has 0 saturated heterocycles. The van der Waals surface area contributed by atoms with Crippen molar-refractivity contribution in [1.82, 2.24) is 5.32 Å². The van der Waals surface area contributed by atoms with Gasteiger partial charge in [0.15, 0.2) is 0 Å². The number of benzene rings is 3. The van der Waals surface area contributed by atoms with Gasteiger partial charge in [0.2, 0.25) is 6.16 Å². The molecule has 0 unspecified atom stereocenters. The topological polar surface area (TPSA) is 376 Å². The van der Waals surface area contributed by atoms with Crippen molar-refractivity contribution in [2.24, 2.45) is 27.8 Å². The molecule has 0 fully saturated rings. The Balaban J connectivity index is 0. The number of aliphatic carboxylic acids is 2. The molecule has 0 aromatic heterocycles. The molecule has 24 heteroatoms. The number of amides is 1. The smallest absolute Gasteiger partial charge is 0.565 e. The Hall–Kier alpha value is -6.61. The predicted octanol–water partition coefficient (Wildman–Crippen LogP) is 4.73. The van der Waals surface area contributed by atoms with Crippen LogP contribution in [0.15, 0.2) is 83.0 Å². The largest absolute Gasteiger partial charge is 1.00 e. The van der Waals surface area contributed by atoms with Gasteiger partial charge >= 0.3 is 53.7 Å². The van der Waals surface area contributed by atoms with Crippen molar-refractivity contribution in [2.45, 2.75) is 65.6 Å². The summed E-state index contributed by atoms with van der Waals surface area (Å²) in [5, 5.41) is 52.6. The summed E-state index contributed by atoms with van der Waals surface area (Å²) in [5.41, 5.74) is 24.0. The number of carbonyl (C=O) groups is 5. The van der Waals surface area contributed by atoms with Gasteiger partial charge in [-0.15, -0.1) is 0 Å². The van der Waals surface area contributed by atoms with Gasteiger partial charge in [-0.1, -0.05) is 85.4 Å². The average molecular weight is 864 g/mol. The first-order valence-electron chi connectivity index (χ1n) is 17.9. The maximum Gasteiger partial charge on any atom is 1.00 e. The Bertz CT molecular complexity index is 1920. The van der Waals surface area contributed by atoms with Crippen LogP contribution in [0, 0.1) is 22.0 Å². The number of nitrogens with one attached hydrogen (secondary N) is 1. The van der Waals surface area contributed by atoms with Crippen molar-refractivity contribution in [2.75, 3.05) is 13.1 Å². The van der Waals surface area contributed by atoms with Crippen LogP contribution in [-0.2, 0) is 32.3 Å². The first-order chi connectivity index (χ1) is 28.6. The number of carboxylic acid groups (broad SMARTS) is 4. The van der Waals surface area contributed by atoms with Gasteiger partial charge in [-0.05, 0) is 66.5 Å². The molecule has 0 spiro atoms. The number of alkyl carbamates (subject to hydrolysis) is 1. The number of ether oxygens (including phenoxy) is 3. The summed E-state index contributed by atoms with van der Waals surface area (Å²) in [7, 11) is 0. The third-order valence-electron chi connectivity index (χ3n) is 7.51. The SMILES string of the molecule is C[C@@H](CCCCN)C(=O)O.C[C@@H](CCCCNC(=O)OCc1ccccc1N=[N+]=[N-])C(=O)O.O=C([O-])O.[N-]=[N+]=Nc1ccccc1COC(=O)Oc1ccc([N+](=O)[O-])cc1.[Na+]. The van der Waals surface area contributed by atoms with Crippen LogP contribution in [0.5, 0.6) is 5.75 Å². The minimum atomic E-state index is -2.08. The van der Waals surface area contributed by atoms with Crippen LogP contribution < -0.4 is 50.5 Å². The normalized spacial score (nSPS) is 10.3. The molecule has 324 valence electrons. The summed E-state index contributed by atoms with van der Waals surface area (Å²) in [6, 6.07) is 18.4. The van der Waals surface area contributed by atoms with Gasteiger partial charge in [-0.25, -0.2) is 9.59 Å². The molecule has 0 aliphatic carbocycles. The molecular weight excluding hydrogens is 817 g/mol. The standard InChI is InChI=1S/C15H20N4O4.C14H10N4O5.C7H15NO2.CH2O3.Na/c1-11(14(20)21)6-4-5-9-17-15(22)23-10-12-7-2-3-8-13(12)18-19-16;15-17-16-13-4-2-1-3-10(13)9-22-14(19)23-12-7-5-11(6-8-12)18(20)21;1-6(7(9)10)4-2-3-5-8;2-1(3)4;/h2-3,7-8,11H,4-6,9-10H2,1H3,(H,17,22)(H,20,21);1-8H,9H2;6H,2-5,8H2,1H3,(H,9,10);(H2,2,3,4);/q;;;;+1/p-1/t11-;;6-;;/m0.0../s1. The van der Waals surface area contributed by atoms with Gasteiger partial charge in [0.25, 0.3) is 5.69 Å². The van der Waals surface area contributed by atoms with Gasteiger partial charge < -0.3 is 50.5 Å². The van der Waals surface area contributed by atoms with Crippen molar-refractivity contribution in [3.05, 3.63) is 115 Å². The quantitative estimate of drug-likeness (QED) is 0.0125. The number of nitrogens with zero attached hydrogens (tertiary/aromatic N) is 7. The fraction of sp³-hybridized carbons (Fsp3) is 0.378. The van der Waals surface area contributed by atoms with Crippen LogP contribution in [0.25, 0.3) is 20.9 Å². The van der Waals surface area contributed by atoms with E-state index < -0.39 is 35.3 Å². The van der Waals surface area contributed by atoms with Crippen molar-refractivity contribution in [3.8, 4) is 5.75 Å². The van der Waals surface area contributed by atoms with Crippen molar-refractivity contribution >= 4 is 47.4 Å². The second kappa shape index (κ2) is 34.3. The first kappa shape index (κ1) is 56.5. The van der Waals surface area contributed by atoms with Crippen molar-refractivity contribution in [1.29, 1.82) is 0 Å². The van der Waals surface area contributed by atoms with Crippen LogP contribution >= 0.6 is 0 Å². The maximum absolute atomic E-state index is 11.6. The number of carboxylic acids is 2. The van der Waals surface area contributed by atoms with E-state index in [2.05, 4.69) is 25.4 Å². The monoisotopic (exact) mass is 863 g/mol. The van der Waals surface area contributed by atoms with Gasteiger partial charge in [0, 0.05) is 39.9 Å². The number of unbranched alkanes of at least 4 members (excludes halogenated alkanes) is 2. The Morgan fingerprint density at radius 2 is 1.21 bits per heavy atom. The van der Waals surface area contributed by atoms with Gasteiger partial charge in [-0.2, -0.15) is 0 Å². The number of rotatable bonds is 19. The van der Waals surface area contributed by atoms with Crippen LogP contribution in [-0.4, -0.2) is 63.7 Å². The summed E-state index contributed by atoms with van der Waals surface area (Å²) in [5.74, 6) is -2.00. The zero-order chi connectivity index (χ0) is 45.3. The molecule has 0 radical (unpaired) electrons. The zero-order valence-corrected chi connectivity index (χ0v) is 35.7. The number of non-ortho nitro benzene ring substituents is 1. The molecular formula is C37H46N9NaO14. The van der Waals surface area contributed by atoms with E-state index in [-0.39, 0.29) is 66.0 Å². The number of nitro benzene ring substituents is 1. The average Bonchev–Trinajstić information content (AvgIpc) is 3.20. The Labute approximate surface area is 371 Å². The fourth-order valence-corrected chi connectivity index (χ4v) is 4.26. The van der Waals surface area contributed by atoms with E-state index in [1.165, 1.54) is 24.3 Å². The number of azide groups is 2. The summed E-state index contributed by atoms with van der Waals surface area (Å²) >= 11 is 0. The number of hydrogen-bond donors (Lipinski definition) is 5. The number of carbonyl (C=O) groups excluding carboxylic acids is 2. The molecule has 1 amide bonds. The molecule has 3 rings (SSSR count). The van der Waals surface area contributed by atoms with Crippen molar-refractivity contribution in [3.63, 3.8) is 0 Å². The zero-order valence-electron chi connectivity index (χ0n) is 33.7. The summed E-state index contributed by atoms with van der Waals surface area (Å²) in [4.78, 5) is 67.9. The number of hydrogen-bond acceptors (Lipinski definition) is 14. The molecule has 0 heterocycles. The Morgan fingerprint density at radius 3 is 1.64 bits per heavy atom. The third-order valence-corrected chi connectivity index (χ3v) is 7.51. The fourth-order valence-electron chi connectivity index (χ4n) is 4.26. The molecule has 2 atom stereocenters. The molecule has 0 aliphatic heterocycles. The van der Waals surface area contributed by atoms with Gasteiger partial charge in [0.1, 0.15) is 19.0 Å². The summed E-state index contributed by atoms with van der Waals surface area (Å²) in [6.45, 7) is 4.33. The van der Waals surface area contributed by atoms with E-state index in [4.69, 9.17) is 56.2 Å². The van der Waals surface area contributed by atoms with E-state index in [1.54, 1.807) is 62.4 Å². The molecule has 61 heavy (non-hydrogen) atoms. The molecule has 0 bridgehead atoms. The summed E-state index contributed by atoms with van der Waals surface area (Å²) < 4.78 is 14.9. The molecule has 0 saturated carbocycles. The predicted molar refractivity (Wildman–Crippen MR) is 211 cm³/mol. The molecule has 6 N–H and O–H groups in total. The van der Waals surface area contributed by atoms with Crippen LogP contribution in [0.1, 0.15) is 63.5 Å². The second-order valence-corrected chi connectivity index (χ2v) is 12.1. The Kier molecular flexibility index (Phi) is 31.7. The van der Waals surface area contributed by atoms with E-state index in [0.29, 0.717) is 54.9 Å². The van der Waals surface area contributed by atoms with Crippen LogP contribution in [0.3, 0.4) is 0 Å². The van der Waals surface area contributed by atoms with Crippen LogP contribution in [0.2, 0.25) is 0 Å². The number of nitro groups is 1. The van der Waals surface area contributed by atoms with E-state index in [1.807, 2.05) is 0 Å². The molecule has 23 nitrogen and oxygen atoms in total. The van der Waals surface area contributed by atoms with Crippen LogP contribution in [0.4, 0.5) is 31.4 Å². The first-order valence-corrected chi connectivity index (χ1v) is 17.9. The van der Waals surface area contributed by atoms with E-state index in [9.17, 15) is 29.3 Å². The number of nitrogens with two attached hydrogens (primary N) is 1. The third kappa shape index (κ3) is 28.5. The van der Waals surface area contributed by atoms with Gasteiger partial charge in [-0.3, -0.25) is 19.7 Å². The summed E-state index contributed by atoms with van der Waals surface area (Å²) in [6.07, 6.45) is 0.941. The van der Waals surface area contributed by atoms with E-state index in [0.717, 1.165) is 19.3 Å². The van der Waals surface area contributed by atoms with Crippen molar-refractivity contribution < 1.29 is 93.1 Å². The molecule has 0 aliphatic rings. The second-order valence-electron chi connectivity index (χ2n) is 12.1.